The van der Waals surface area contributed by atoms with Gasteiger partial charge in [0.1, 0.15) is 0 Å². The Kier molecular flexibility index (Phi) is 4.57. The van der Waals surface area contributed by atoms with Crippen LogP contribution in [0.1, 0.15) is 24.4 Å². The molecule has 88 valence electrons. The molecule has 1 aromatic rings. The smallest absolute Gasteiger partial charge is 0.239 e. The van der Waals surface area contributed by atoms with Crippen LogP contribution >= 0.6 is 0 Å². The van der Waals surface area contributed by atoms with E-state index >= 15 is 0 Å². The van der Waals surface area contributed by atoms with E-state index in [4.69, 9.17) is 4.42 Å². The summed E-state index contributed by atoms with van der Waals surface area (Å²) in [4.78, 5) is 23.6. The van der Waals surface area contributed by atoms with Crippen LogP contribution in [0.2, 0.25) is 0 Å². The molecule has 0 aliphatic rings. The summed E-state index contributed by atoms with van der Waals surface area (Å²) < 4.78 is 5.24. The molecule has 1 N–H and O–H groups in total. The lowest BCUT2D eigenvalue weighted by atomic mass is 10.4. The topological polar surface area (TPSA) is 62.6 Å². The molecule has 0 saturated heterocycles. The van der Waals surface area contributed by atoms with E-state index in [1.807, 2.05) is 13.8 Å². The Morgan fingerprint density at radius 2 is 2.25 bits per heavy atom. The first kappa shape index (κ1) is 12.3. The van der Waals surface area contributed by atoms with Crippen molar-refractivity contribution in [2.24, 2.45) is 0 Å². The van der Waals surface area contributed by atoms with Crippen LogP contribution in [-0.4, -0.2) is 31.8 Å². The van der Waals surface area contributed by atoms with Gasteiger partial charge in [0.15, 0.2) is 17.9 Å². The van der Waals surface area contributed by atoms with Gasteiger partial charge in [-0.3, -0.25) is 9.59 Å². The van der Waals surface area contributed by atoms with Gasteiger partial charge in [0.25, 0.3) is 0 Å². The molecule has 0 radical (unpaired) electrons. The molecule has 0 fully saturated rings. The highest BCUT2D eigenvalue weighted by atomic mass is 16.4. The Hall–Kier alpha value is -1.78. The molecule has 0 unspecified atom stereocenters. The Labute approximate surface area is 94.4 Å². The fourth-order valence-corrected chi connectivity index (χ4v) is 1.35. The predicted octanol–water partition coefficient (Wildman–Crippen LogP) is 1.05. The summed E-state index contributed by atoms with van der Waals surface area (Å²) in [5.41, 5.74) is 0. The number of likely N-dealkylation sites (N-methyl/N-ethyl adjacent to an activating group) is 2. The zero-order chi connectivity index (χ0) is 12.0. The van der Waals surface area contributed by atoms with Gasteiger partial charge < -0.3 is 14.6 Å². The summed E-state index contributed by atoms with van der Waals surface area (Å²) in [5, 5.41) is 2.71. The van der Waals surface area contributed by atoms with Gasteiger partial charge in [-0.15, -0.1) is 0 Å². The highest BCUT2D eigenvalue weighted by Gasteiger charge is 2.12. The second-order valence-corrected chi connectivity index (χ2v) is 3.26. The van der Waals surface area contributed by atoms with Gasteiger partial charge in [-0.2, -0.15) is 0 Å². The van der Waals surface area contributed by atoms with E-state index in [-0.39, 0.29) is 18.2 Å². The number of carbonyl (C=O) groups is 2. The maximum absolute atomic E-state index is 11.4. The molecule has 0 aromatic carbocycles. The standard InChI is InChI=1S/C11H16N2O3/c1-3-12-10(15)7-13(4-2)11-6-5-9(8-14)16-11/h5-6,8H,3-4,7H2,1-2H3,(H,12,15). The number of carbonyl (C=O) groups excluding carboxylic acids is 2. The molecule has 5 heteroatoms. The van der Waals surface area contributed by atoms with Crippen LogP contribution < -0.4 is 10.2 Å². The molecule has 1 heterocycles. The highest BCUT2D eigenvalue weighted by Crippen LogP contribution is 2.16. The minimum Gasteiger partial charge on any atom is -0.438 e. The number of hydrogen-bond acceptors (Lipinski definition) is 4. The van der Waals surface area contributed by atoms with E-state index < -0.39 is 0 Å². The molecule has 1 rings (SSSR count). The van der Waals surface area contributed by atoms with E-state index in [9.17, 15) is 9.59 Å². The molecule has 1 aromatic heterocycles. The van der Waals surface area contributed by atoms with E-state index in [0.29, 0.717) is 25.3 Å². The monoisotopic (exact) mass is 224 g/mol. The van der Waals surface area contributed by atoms with Gasteiger partial charge >= 0.3 is 0 Å². The highest BCUT2D eigenvalue weighted by molar-refractivity contribution is 5.81. The van der Waals surface area contributed by atoms with Gasteiger partial charge in [0.2, 0.25) is 5.91 Å². The third-order valence-corrected chi connectivity index (χ3v) is 2.13. The molecule has 0 spiro atoms. The summed E-state index contributed by atoms with van der Waals surface area (Å²) in [6.07, 6.45) is 0.642. The summed E-state index contributed by atoms with van der Waals surface area (Å²) in [6, 6.07) is 3.27. The largest absolute Gasteiger partial charge is 0.438 e. The molecular formula is C11H16N2O3. The van der Waals surface area contributed by atoms with Gasteiger partial charge in [-0.25, -0.2) is 0 Å². The lowest BCUT2D eigenvalue weighted by molar-refractivity contribution is -0.119. The molecule has 0 aliphatic carbocycles. The number of nitrogens with one attached hydrogen (secondary N) is 1. The zero-order valence-corrected chi connectivity index (χ0v) is 9.53. The average molecular weight is 224 g/mol. The Morgan fingerprint density at radius 3 is 2.75 bits per heavy atom. The number of aldehydes is 1. The SMILES string of the molecule is CCNC(=O)CN(CC)c1ccc(C=O)o1. The third-order valence-electron chi connectivity index (χ3n) is 2.13. The lowest BCUT2D eigenvalue weighted by Crippen LogP contribution is -2.36. The van der Waals surface area contributed by atoms with Crippen molar-refractivity contribution in [3.05, 3.63) is 17.9 Å². The first-order valence-electron chi connectivity index (χ1n) is 5.27. The van der Waals surface area contributed by atoms with Gasteiger partial charge in [0.05, 0.1) is 6.54 Å². The predicted molar refractivity (Wildman–Crippen MR) is 60.7 cm³/mol. The fraction of sp³-hybridized carbons (Fsp3) is 0.455. The number of amides is 1. The Balaban J connectivity index is 2.66. The molecule has 5 nitrogen and oxygen atoms in total. The van der Waals surface area contributed by atoms with Crippen molar-refractivity contribution in [2.45, 2.75) is 13.8 Å². The minimum atomic E-state index is -0.0617. The summed E-state index contributed by atoms with van der Waals surface area (Å²) in [5.74, 6) is 0.744. The van der Waals surface area contributed by atoms with Crippen molar-refractivity contribution in [1.29, 1.82) is 0 Å². The zero-order valence-electron chi connectivity index (χ0n) is 9.53. The molecule has 1 amide bonds. The first-order chi connectivity index (χ1) is 7.71. The van der Waals surface area contributed by atoms with Crippen molar-refractivity contribution in [2.75, 3.05) is 24.5 Å². The second kappa shape index (κ2) is 5.95. The molecular weight excluding hydrogens is 208 g/mol. The molecule has 0 atom stereocenters. The quantitative estimate of drug-likeness (QED) is 0.734. The molecule has 0 bridgehead atoms. The Bertz CT molecular complexity index is 360. The maximum atomic E-state index is 11.4. The minimum absolute atomic E-state index is 0.0617. The number of rotatable bonds is 6. The van der Waals surface area contributed by atoms with Crippen molar-refractivity contribution < 1.29 is 14.0 Å². The fourth-order valence-electron chi connectivity index (χ4n) is 1.35. The average Bonchev–Trinajstić information content (AvgIpc) is 2.74. The van der Waals surface area contributed by atoms with Crippen molar-refractivity contribution >= 4 is 18.1 Å². The maximum Gasteiger partial charge on any atom is 0.239 e. The van der Waals surface area contributed by atoms with Crippen LogP contribution in [0.3, 0.4) is 0 Å². The van der Waals surface area contributed by atoms with Crippen LogP contribution in [0.4, 0.5) is 5.88 Å². The van der Waals surface area contributed by atoms with E-state index in [1.54, 1.807) is 17.0 Å². The van der Waals surface area contributed by atoms with Crippen molar-refractivity contribution in [3.8, 4) is 0 Å². The Morgan fingerprint density at radius 1 is 1.50 bits per heavy atom. The van der Waals surface area contributed by atoms with Gasteiger partial charge in [0, 0.05) is 19.2 Å². The summed E-state index contributed by atoms with van der Waals surface area (Å²) in [6.45, 7) is 5.27. The third kappa shape index (κ3) is 3.12. The van der Waals surface area contributed by atoms with Gasteiger partial charge in [-0.1, -0.05) is 0 Å². The van der Waals surface area contributed by atoms with Crippen LogP contribution in [0.5, 0.6) is 0 Å². The molecule has 16 heavy (non-hydrogen) atoms. The lowest BCUT2D eigenvalue weighted by Gasteiger charge is -2.18. The number of hydrogen-bond donors (Lipinski definition) is 1. The number of nitrogens with zero attached hydrogens (tertiary/aromatic N) is 1. The van der Waals surface area contributed by atoms with Gasteiger partial charge in [-0.05, 0) is 19.9 Å². The van der Waals surface area contributed by atoms with Crippen molar-refractivity contribution in [1.82, 2.24) is 5.32 Å². The summed E-state index contributed by atoms with van der Waals surface area (Å²) in [7, 11) is 0. The second-order valence-electron chi connectivity index (χ2n) is 3.26. The van der Waals surface area contributed by atoms with Crippen LogP contribution in [0.25, 0.3) is 0 Å². The molecule has 0 saturated carbocycles. The number of anilines is 1. The first-order valence-corrected chi connectivity index (χ1v) is 5.27. The van der Waals surface area contributed by atoms with Crippen molar-refractivity contribution in [3.63, 3.8) is 0 Å². The van der Waals surface area contributed by atoms with Crippen LogP contribution in [-0.2, 0) is 4.79 Å². The molecule has 0 aliphatic heterocycles. The van der Waals surface area contributed by atoms with E-state index in [1.165, 1.54) is 0 Å². The number of furan rings is 1. The van der Waals surface area contributed by atoms with Crippen LogP contribution in [0.15, 0.2) is 16.5 Å². The normalized spacial score (nSPS) is 9.88. The summed E-state index contributed by atoms with van der Waals surface area (Å²) >= 11 is 0. The van der Waals surface area contributed by atoms with E-state index in [0.717, 1.165) is 0 Å². The van der Waals surface area contributed by atoms with Crippen LogP contribution in [0, 0.1) is 0 Å². The van der Waals surface area contributed by atoms with E-state index in [2.05, 4.69) is 5.32 Å².